The minimum absolute atomic E-state index is 0.00589. The Morgan fingerprint density at radius 3 is 2.76 bits per heavy atom. The van der Waals surface area contributed by atoms with Gasteiger partial charge in [-0.1, -0.05) is 12.8 Å². The highest BCUT2D eigenvalue weighted by molar-refractivity contribution is 5.86. The van der Waals surface area contributed by atoms with E-state index in [9.17, 15) is 20.0 Å². The second-order valence-corrected chi connectivity index (χ2v) is 5.10. The minimum atomic E-state index is -1.24. The molecule has 1 aliphatic carbocycles. The van der Waals surface area contributed by atoms with Gasteiger partial charge in [0.15, 0.2) is 5.69 Å². The monoisotopic (exact) mass is 295 g/mol. The fourth-order valence-corrected chi connectivity index (χ4v) is 2.62. The zero-order chi connectivity index (χ0) is 15.4. The largest absolute Gasteiger partial charge is 0.477 e. The van der Waals surface area contributed by atoms with Crippen molar-refractivity contribution in [1.82, 2.24) is 4.98 Å². The van der Waals surface area contributed by atoms with Crippen LogP contribution in [0.25, 0.3) is 0 Å². The number of carbonyl (C=O) groups is 1. The molecule has 1 fully saturated rings. The molecule has 2 unspecified atom stereocenters. The summed E-state index contributed by atoms with van der Waals surface area (Å²) < 4.78 is 0. The highest BCUT2D eigenvalue weighted by Crippen LogP contribution is 2.30. The zero-order valence-corrected chi connectivity index (χ0v) is 11.4. The summed E-state index contributed by atoms with van der Waals surface area (Å²) in [5, 5.41) is 32.3. The van der Waals surface area contributed by atoms with E-state index in [0.717, 1.165) is 37.8 Å². The molecule has 0 amide bonds. The van der Waals surface area contributed by atoms with E-state index >= 15 is 0 Å². The van der Waals surface area contributed by atoms with E-state index in [1.807, 2.05) is 0 Å². The van der Waals surface area contributed by atoms with Gasteiger partial charge in [0, 0.05) is 24.6 Å². The molecule has 0 spiro atoms. The quantitative estimate of drug-likeness (QED) is 0.557. The van der Waals surface area contributed by atoms with Crippen LogP contribution in [0.5, 0.6) is 0 Å². The van der Waals surface area contributed by atoms with Gasteiger partial charge in [-0.2, -0.15) is 0 Å². The fraction of sp³-hybridized carbons (Fsp3) is 0.538. The number of nitrogens with zero attached hydrogens (tertiary/aromatic N) is 2. The zero-order valence-electron chi connectivity index (χ0n) is 11.4. The average Bonchev–Trinajstić information content (AvgIpc) is 2.47. The van der Waals surface area contributed by atoms with Crippen molar-refractivity contribution < 1.29 is 19.9 Å². The lowest BCUT2D eigenvalue weighted by Gasteiger charge is -2.31. The van der Waals surface area contributed by atoms with E-state index in [0.29, 0.717) is 0 Å². The Morgan fingerprint density at radius 1 is 1.43 bits per heavy atom. The van der Waals surface area contributed by atoms with Gasteiger partial charge in [0.1, 0.15) is 0 Å². The van der Waals surface area contributed by atoms with Gasteiger partial charge in [-0.3, -0.25) is 10.1 Å². The van der Waals surface area contributed by atoms with Crippen LogP contribution in [-0.4, -0.2) is 38.7 Å². The smallest absolute Gasteiger partial charge is 0.354 e. The average molecular weight is 295 g/mol. The number of rotatable bonds is 5. The molecule has 1 aliphatic rings. The Morgan fingerprint density at radius 2 is 2.14 bits per heavy atom. The fourth-order valence-electron chi connectivity index (χ4n) is 2.62. The van der Waals surface area contributed by atoms with Crippen LogP contribution in [-0.2, 0) is 0 Å². The van der Waals surface area contributed by atoms with Gasteiger partial charge in [-0.15, -0.1) is 0 Å². The number of aliphatic hydroxyl groups excluding tert-OH is 1. The number of aliphatic hydroxyl groups is 1. The second kappa shape index (κ2) is 6.49. The Bertz CT molecular complexity index is 549. The lowest BCUT2D eigenvalue weighted by Crippen LogP contribution is -2.35. The van der Waals surface area contributed by atoms with E-state index in [1.54, 1.807) is 0 Å². The molecule has 0 aromatic carbocycles. The summed E-state index contributed by atoms with van der Waals surface area (Å²) in [5.41, 5.74) is -0.512. The SMILES string of the molecule is O=C(O)c1ccc([N+](=O)[O-])c(NC2CCCCC2CO)n1. The molecule has 0 saturated heterocycles. The molecule has 21 heavy (non-hydrogen) atoms. The van der Waals surface area contributed by atoms with Gasteiger partial charge in [0.2, 0.25) is 5.82 Å². The van der Waals surface area contributed by atoms with E-state index in [-0.39, 0.29) is 35.8 Å². The van der Waals surface area contributed by atoms with Crippen LogP contribution in [0.4, 0.5) is 11.5 Å². The van der Waals surface area contributed by atoms with Crippen LogP contribution in [0.1, 0.15) is 36.2 Å². The maximum Gasteiger partial charge on any atom is 0.354 e. The first-order valence-electron chi connectivity index (χ1n) is 6.79. The molecule has 0 bridgehead atoms. The van der Waals surface area contributed by atoms with Gasteiger partial charge in [0.25, 0.3) is 0 Å². The normalized spacial score (nSPS) is 21.8. The Balaban J connectivity index is 2.29. The van der Waals surface area contributed by atoms with Crippen molar-refractivity contribution in [1.29, 1.82) is 0 Å². The number of hydrogen-bond donors (Lipinski definition) is 3. The predicted octanol–water partition coefficient (Wildman–Crippen LogP) is 1.65. The van der Waals surface area contributed by atoms with Crippen molar-refractivity contribution in [3.05, 3.63) is 27.9 Å². The summed E-state index contributed by atoms with van der Waals surface area (Å²) >= 11 is 0. The van der Waals surface area contributed by atoms with Crippen LogP contribution in [0.15, 0.2) is 12.1 Å². The number of aromatic carboxylic acids is 1. The first-order chi connectivity index (χ1) is 10.0. The van der Waals surface area contributed by atoms with Crippen LogP contribution in [0.2, 0.25) is 0 Å². The van der Waals surface area contributed by atoms with Crippen molar-refractivity contribution in [2.45, 2.75) is 31.7 Å². The number of carboxylic acid groups (broad SMARTS) is 1. The molecular formula is C13H17N3O5. The minimum Gasteiger partial charge on any atom is -0.477 e. The third-order valence-electron chi connectivity index (χ3n) is 3.76. The molecule has 8 nitrogen and oxygen atoms in total. The summed E-state index contributed by atoms with van der Waals surface area (Å²) in [6.45, 7) is -0.00984. The Hall–Kier alpha value is -2.22. The topological polar surface area (TPSA) is 126 Å². The number of nitrogens with one attached hydrogen (secondary N) is 1. The molecule has 0 aliphatic heterocycles. The Labute approximate surface area is 121 Å². The molecular weight excluding hydrogens is 278 g/mol. The maximum absolute atomic E-state index is 11.0. The maximum atomic E-state index is 11.0. The van der Waals surface area contributed by atoms with Gasteiger partial charge >= 0.3 is 11.7 Å². The predicted molar refractivity (Wildman–Crippen MR) is 74.3 cm³/mol. The van der Waals surface area contributed by atoms with Crippen molar-refractivity contribution in [2.75, 3.05) is 11.9 Å². The van der Waals surface area contributed by atoms with E-state index in [2.05, 4.69) is 10.3 Å². The molecule has 1 aromatic rings. The van der Waals surface area contributed by atoms with Crippen molar-refractivity contribution in [3.8, 4) is 0 Å². The van der Waals surface area contributed by atoms with Gasteiger partial charge in [-0.05, 0) is 18.9 Å². The lowest BCUT2D eigenvalue weighted by atomic mass is 9.85. The first-order valence-corrected chi connectivity index (χ1v) is 6.79. The molecule has 1 aromatic heterocycles. The summed E-state index contributed by atoms with van der Waals surface area (Å²) in [4.78, 5) is 25.2. The van der Waals surface area contributed by atoms with Crippen LogP contribution >= 0.6 is 0 Å². The number of pyridine rings is 1. The summed E-state index contributed by atoms with van der Waals surface area (Å²) in [6.07, 6.45) is 3.57. The van der Waals surface area contributed by atoms with Crippen molar-refractivity contribution >= 4 is 17.5 Å². The van der Waals surface area contributed by atoms with E-state index in [1.165, 1.54) is 0 Å². The van der Waals surface area contributed by atoms with Crippen LogP contribution < -0.4 is 5.32 Å². The van der Waals surface area contributed by atoms with Gasteiger partial charge in [-0.25, -0.2) is 9.78 Å². The number of aromatic nitrogens is 1. The number of hydrogen-bond acceptors (Lipinski definition) is 6. The Kier molecular flexibility index (Phi) is 4.69. The van der Waals surface area contributed by atoms with Crippen LogP contribution in [0.3, 0.4) is 0 Å². The highest BCUT2D eigenvalue weighted by atomic mass is 16.6. The molecule has 2 atom stereocenters. The van der Waals surface area contributed by atoms with Gasteiger partial charge in [0.05, 0.1) is 4.92 Å². The third-order valence-corrected chi connectivity index (χ3v) is 3.76. The number of carboxylic acids is 1. The molecule has 0 radical (unpaired) electrons. The van der Waals surface area contributed by atoms with E-state index in [4.69, 9.17) is 5.11 Å². The molecule has 3 N–H and O–H groups in total. The standard InChI is InChI=1S/C13H17N3O5/c17-7-8-3-1-2-4-9(8)14-12-11(16(20)21)6-5-10(15-12)13(18)19/h5-6,8-9,17H,1-4,7H2,(H,14,15)(H,18,19). The van der Waals surface area contributed by atoms with Crippen LogP contribution in [0, 0.1) is 16.0 Å². The molecule has 1 heterocycles. The molecule has 8 heteroatoms. The summed E-state index contributed by atoms with van der Waals surface area (Å²) in [6, 6.07) is 2.10. The molecule has 114 valence electrons. The molecule has 1 saturated carbocycles. The molecule has 2 rings (SSSR count). The number of anilines is 1. The second-order valence-electron chi connectivity index (χ2n) is 5.10. The number of nitro groups is 1. The summed E-state index contributed by atoms with van der Waals surface area (Å²) in [7, 11) is 0. The first kappa shape index (κ1) is 15.2. The van der Waals surface area contributed by atoms with Crippen molar-refractivity contribution in [2.24, 2.45) is 5.92 Å². The highest BCUT2D eigenvalue weighted by Gasteiger charge is 2.28. The van der Waals surface area contributed by atoms with Crippen molar-refractivity contribution in [3.63, 3.8) is 0 Å². The van der Waals surface area contributed by atoms with E-state index < -0.39 is 10.9 Å². The lowest BCUT2D eigenvalue weighted by molar-refractivity contribution is -0.384. The van der Waals surface area contributed by atoms with Gasteiger partial charge < -0.3 is 15.5 Å². The third kappa shape index (κ3) is 3.46. The summed E-state index contributed by atoms with van der Waals surface area (Å²) in [5.74, 6) is -1.30.